The van der Waals surface area contributed by atoms with Crippen LogP contribution in [0.4, 0.5) is 0 Å². The summed E-state index contributed by atoms with van der Waals surface area (Å²) in [5.41, 5.74) is 0.689. The van der Waals surface area contributed by atoms with Crippen LogP contribution in [0.25, 0.3) is 0 Å². The van der Waals surface area contributed by atoms with E-state index in [9.17, 15) is 14.7 Å². The summed E-state index contributed by atoms with van der Waals surface area (Å²) in [5.74, 6) is -1.26. The van der Waals surface area contributed by atoms with E-state index in [1.54, 1.807) is 24.3 Å². The normalized spacial score (nSPS) is 13.0. The number of hydrogen-bond acceptors (Lipinski definition) is 3. The molecule has 0 saturated heterocycles. The molecular weight excluding hydrogens is 330 g/mol. The molecule has 0 aromatic heterocycles. The minimum Gasteiger partial charge on any atom is -0.481 e. The molecule has 0 bridgehead atoms. The third-order valence-electron chi connectivity index (χ3n) is 4.54. The maximum Gasteiger partial charge on any atom is 0.315 e. The van der Waals surface area contributed by atoms with Crippen molar-refractivity contribution in [1.29, 1.82) is 0 Å². The Hall–Kier alpha value is -2.66. The van der Waals surface area contributed by atoms with E-state index in [4.69, 9.17) is 4.74 Å². The van der Waals surface area contributed by atoms with E-state index in [1.165, 1.54) is 0 Å². The zero-order chi connectivity index (χ0) is 18.8. The molecule has 0 fully saturated rings. The van der Waals surface area contributed by atoms with Gasteiger partial charge in [0.15, 0.2) is 0 Å². The molecule has 2 rings (SSSR count). The molecule has 0 spiro atoms. The Balaban J connectivity index is 1.84. The van der Waals surface area contributed by atoms with Gasteiger partial charge in [0, 0.05) is 6.54 Å². The number of carboxylic acid groups (broad SMARTS) is 1. The van der Waals surface area contributed by atoms with E-state index < -0.39 is 11.4 Å². The van der Waals surface area contributed by atoms with Crippen LogP contribution < -0.4 is 5.32 Å². The number of nitrogens with one attached hydrogen (secondary N) is 1. The molecule has 0 heterocycles. The molecule has 2 aromatic rings. The third-order valence-corrected chi connectivity index (χ3v) is 4.54. The number of carbonyl (C=O) groups excluding carboxylic acids is 1. The highest BCUT2D eigenvalue weighted by atomic mass is 16.5. The number of carbonyl (C=O) groups is 2. The van der Waals surface area contributed by atoms with E-state index in [-0.39, 0.29) is 19.1 Å². The van der Waals surface area contributed by atoms with Gasteiger partial charge in [0.1, 0.15) is 12.0 Å². The van der Waals surface area contributed by atoms with Gasteiger partial charge in [-0.25, -0.2) is 0 Å². The van der Waals surface area contributed by atoms with Crippen molar-refractivity contribution in [2.75, 3.05) is 19.8 Å². The first-order chi connectivity index (χ1) is 12.6. The highest BCUT2D eigenvalue weighted by Crippen LogP contribution is 2.27. The van der Waals surface area contributed by atoms with Gasteiger partial charge in [-0.3, -0.25) is 9.59 Å². The summed E-state index contributed by atoms with van der Waals surface area (Å²) in [6.45, 7) is 2.20. The molecule has 2 aromatic carbocycles. The van der Waals surface area contributed by atoms with Crippen LogP contribution in [0.2, 0.25) is 0 Å². The molecule has 0 aliphatic carbocycles. The van der Waals surface area contributed by atoms with Gasteiger partial charge in [0.2, 0.25) is 5.91 Å². The molecule has 26 heavy (non-hydrogen) atoms. The van der Waals surface area contributed by atoms with Crippen molar-refractivity contribution < 1.29 is 19.4 Å². The lowest BCUT2D eigenvalue weighted by Gasteiger charge is -2.29. The molecule has 138 valence electrons. The highest BCUT2D eigenvalue weighted by Gasteiger charge is 2.38. The van der Waals surface area contributed by atoms with Crippen LogP contribution in [0.3, 0.4) is 0 Å². The summed E-state index contributed by atoms with van der Waals surface area (Å²) in [7, 11) is 0. The lowest BCUT2D eigenvalue weighted by Crippen LogP contribution is -2.47. The number of aliphatic carboxylic acids is 1. The predicted molar refractivity (Wildman–Crippen MR) is 100 cm³/mol. The first-order valence-corrected chi connectivity index (χ1v) is 8.76. The minimum absolute atomic E-state index is 0.0315. The van der Waals surface area contributed by atoms with Gasteiger partial charge < -0.3 is 15.2 Å². The molecule has 0 saturated carbocycles. The van der Waals surface area contributed by atoms with E-state index in [1.807, 2.05) is 43.3 Å². The predicted octanol–water partition coefficient (Wildman–Crippen LogP) is 2.79. The maximum atomic E-state index is 12.0. The second kappa shape index (κ2) is 9.73. The summed E-state index contributed by atoms with van der Waals surface area (Å²) >= 11 is 0. The lowest BCUT2D eigenvalue weighted by molar-refractivity contribution is -0.144. The van der Waals surface area contributed by atoms with Crippen molar-refractivity contribution in [3.8, 4) is 0 Å². The molecule has 5 heteroatoms. The zero-order valence-corrected chi connectivity index (χ0v) is 15.0. The SMILES string of the molecule is CCC(CNC(=O)COCCc1ccccc1)(C(=O)O)c1ccccc1. The average Bonchev–Trinajstić information content (AvgIpc) is 2.67. The van der Waals surface area contributed by atoms with Crippen molar-refractivity contribution >= 4 is 11.9 Å². The fourth-order valence-corrected chi connectivity index (χ4v) is 2.84. The third kappa shape index (κ3) is 5.17. The standard InChI is InChI=1S/C21H25NO4/c1-2-21(20(24)25,18-11-7-4-8-12-18)16-22-19(23)15-26-14-13-17-9-5-3-6-10-17/h3-12H,2,13-16H2,1H3,(H,22,23)(H,24,25). The van der Waals surface area contributed by atoms with Gasteiger partial charge >= 0.3 is 5.97 Å². The Morgan fingerprint density at radius 3 is 2.23 bits per heavy atom. The molecule has 0 aliphatic rings. The van der Waals surface area contributed by atoms with Crippen LogP contribution in [-0.2, 0) is 26.2 Å². The molecule has 0 aliphatic heterocycles. The van der Waals surface area contributed by atoms with E-state index in [2.05, 4.69) is 5.32 Å². The topological polar surface area (TPSA) is 75.6 Å². The monoisotopic (exact) mass is 355 g/mol. The summed E-state index contributed by atoms with van der Waals surface area (Å²) in [5, 5.41) is 12.5. The van der Waals surface area contributed by atoms with Crippen LogP contribution in [0.1, 0.15) is 24.5 Å². The Bertz CT molecular complexity index is 702. The van der Waals surface area contributed by atoms with Crippen molar-refractivity contribution in [3.63, 3.8) is 0 Å². The molecule has 1 atom stereocenters. The largest absolute Gasteiger partial charge is 0.481 e. The Labute approximate surface area is 154 Å². The number of rotatable bonds is 10. The Morgan fingerprint density at radius 2 is 1.65 bits per heavy atom. The summed E-state index contributed by atoms with van der Waals surface area (Å²) < 4.78 is 5.40. The summed E-state index contributed by atoms with van der Waals surface area (Å²) in [6, 6.07) is 18.9. The molecule has 0 radical (unpaired) electrons. The fraction of sp³-hybridized carbons (Fsp3) is 0.333. The molecular formula is C21H25NO4. The van der Waals surface area contributed by atoms with Gasteiger partial charge in [-0.2, -0.15) is 0 Å². The molecule has 1 amide bonds. The molecule has 2 N–H and O–H groups in total. The van der Waals surface area contributed by atoms with Gasteiger partial charge in [-0.15, -0.1) is 0 Å². The zero-order valence-electron chi connectivity index (χ0n) is 15.0. The van der Waals surface area contributed by atoms with Crippen LogP contribution in [-0.4, -0.2) is 36.7 Å². The van der Waals surface area contributed by atoms with Crippen molar-refractivity contribution in [2.45, 2.75) is 25.2 Å². The van der Waals surface area contributed by atoms with Crippen LogP contribution >= 0.6 is 0 Å². The second-order valence-electron chi connectivity index (χ2n) is 6.17. The number of ether oxygens (including phenoxy) is 1. The first kappa shape index (κ1) is 19.7. The quantitative estimate of drug-likeness (QED) is 0.643. The number of benzene rings is 2. The second-order valence-corrected chi connectivity index (χ2v) is 6.17. The summed E-state index contributed by atoms with van der Waals surface area (Å²) in [6.07, 6.45) is 1.10. The Kier molecular flexibility index (Phi) is 7.36. The van der Waals surface area contributed by atoms with Gasteiger partial charge in [0.05, 0.1) is 6.61 Å². The van der Waals surface area contributed by atoms with Gasteiger partial charge in [-0.1, -0.05) is 67.6 Å². The van der Waals surface area contributed by atoms with Crippen molar-refractivity contribution in [3.05, 3.63) is 71.8 Å². The van der Waals surface area contributed by atoms with E-state index in [0.29, 0.717) is 18.6 Å². The highest BCUT2D eigenvalue weighted by molar-refractivity contribution is 5.84. The average molecular weight is 355 g/mol. The fourth-order valence-electron chi connectivity index (χ4n) is 2.84. The lowest BCUT2D eigenvalue weighted by atomic mass is 9.78. The molecule has 1 unspecified atom stereocenters. The molecule has 5 nitrogen and oxygen atoms in total. The van der Waals surface area contributed by atoms with Gasteiger partial charge in [0.25, 0.3) is 0 Å². The van der Waals surface area contributed by atoms with Crippen molar-refractivity contribution in [2.24, 2.45) is 0 Å². The number of carboxylic acids is 1. The number of amides is 1. The van der Waals surface area contributed by atoms with Gasteiger partial charge in [-0.05, 0) is 24.0 Å². The number of hydrogen-bond donors (Lipinski definition) is 2. The van der Waals surface area contributed by atoms with E-state index >= 15 is 0 Å². The summed E-state index contributed by atoms with van der Waals surface area (Å²) in [4.78, 5) is 23.9. The van der Waals surface area contributed by atoms with E-state index in [0.717, 1.165) is 12.0 Å². The minimum atomic E-state index is -1.14. The van der Waals surface area contributed by atoms with Crippen LogP contribution in [0.5, 0.6) is 0 Å². The van der Waals surface area contributed by atoms with Crippen LogP contribution in [0, 0.1) is 0 Å². The van der Waals surface area contributed by atoms with Crippen LogP contribution in [0.15, 0.2) is 60.7 Å². The smallest absolute Gasteiger partial charge is 0.315 e. The Morgan fingerprint density at radius 1 is 1.04 bits per heavy atom. The van der Waals surface area contributed by atoms with Crippen molar-refractivity contribution in [1.82, 2.24) is 5.32 Å². The maximum absolute atomic E-state index is 12.0. The first-order valence-electron chi connectivity index (χ1n) is 8.76.